The molecule has 2 rings (SSSR count). The van der Waals surface area contributed by atoms with Crippen LogP contribution in [-0.4, -0.2) is 64.0 Å². The van der Waals surface area contributed by atoms with E-state index in [0.717, 1.165) is 24.6 Å². The fraction of sp³-hybridized carbons (Fsp3) is 0.533. The van der Waals surface area contributed by atoms with E-state index in [2.05, 4.69) is 20.5 Å². The topological polar surface area (TPSA) is 73.8 Å². The van der Waals surface area contributed by atoms with Gasteiger partial charge in [0.25, 0.3) is 0 Å². The van der Waals surface area contributed by atoms with Crippen molar-refractivity contribution in [1.29, 1.82) is 0 Å². The van der Waals surface area contributed by atoms with Crippen molar-refractivity contribution in [2.75, 3.05) is 44.7 Å². The van der Waals surface area contributed by atoms with Gasteiger partial charge < -0.3 is 10.6 Å². The third-order valence-electron chi connectivity index (χ3n) is 3.73. The van der Waals surface area contributed by atoms with E-state index >= 15 is 0 Å². The van der Waals surface area contributed by atoms with Crippen molar-refractivity contribution >= 4 is 51.4 Å². The summed E-state index contributed by atoms with van der Waals surface area (Å²) in [6.45, 7) is 3.38. The van der Waals surface area contributed by atoms with Gasteiger partial charge in [0.2, 0.25) is 0 Å². The van der Waals surface area contributed by atoms with E-state index in [-0.39, 0.29) is 35.5 Å². The minimum Gasteiger partial charge on any atom is -0.355 e. The molecule has 0 radical (unpaired) electrons. The van der Waals surface area contributed by atoms with Gasteiger partial charge in [-0.2, -0.15) is 0 Å². The van der Waals surface area contributed by atoms with Crippen molar-refractivity contribution in [3.63, 3.8) is 0 Å². The first-order chi connectivity index (χ1) is 11.0. The van der Waals surface area contributed by atoms with Gasteiger partial charge >= 0.3 is 0 Å². The molecule has 0 amide bonds. The van der Waals surface area contributed by atoms with E-state index < -0.39 is 9.84 Å². The van der Waals surface area contributed by atoms with E-state index in [9.17, 15) is 8.42 Å². The summed E-state index contributed by atoms with van der Waals surface area (Å²) in [4.78, 5) is 6.33. The highest BCUT2D eigenvalue weighted by molar-refractivity contribution is 14.0. The maximum absolute atomic E-state index is 11.4. The minimum atomic E-state index is -2.81. The molecule has 9 heteroatoms. The van der Waals surface area contributed by atoms with Crippen LogP contribution in [0.1, 0.15) is 5.56 Å². The highest BCUT2D eigenvalue weighted by Crippen LogP contribution is 2.10. The zero-order chi connectivity index (χ0) is 16.7. The SMILES string of the molecule is CN=C(NCCN1CCS(=O)(=O)CC1)NCc1cccc(Cl)c1.I. The van der Waals surface area contributed by atoms with Crippen molar-refractivity contribution in [3.8, 4) is 0 Å². The van der Waals surface area contributed by atoms with Gasteiger partial charge in [0.1, 0.15) is 0 Å². The number of hydrogen-bond acceptors (Lipinski definition) is 4. The lowest BCUT2D eigenvalue weighted by molar-refractivity contribution is 0.299. The maximum atomic E-state index is 11.4. The number of nitrogens with one attached hydrogen (secondary N) is 2. The van der Waals surface area contributed by atoms with Gasteiger partial charge in [-0.25, -0.2) is 8.42 Å². The van der Waals surface area contributed by atoms with E-state index in [1.165, 1.54) is 0 Å². The molecule has 0 aromatic heterocycles. The second-order valence-electron chi connectivity index (χ2n) is 5.48. The molecule has 136 valence electrons. The summed E-state index contributed by atoms with van der Waals surface area (Å²) in [5, 5.41) is 7.18. The maximum Gasteiger partial charge on any atom is 0.191 e. The van der Waals surface area contributed by atoms with Gasteiger partial charge in [0.05, 0.1) is 11.5 Å². The molecule has 1 aromatic carbocycles. The Morgan fingerprint density at radius 2 is 2.00 bits per heavy atom. The molecule has 1 fully saturated rings. The summed E-state index contributed by atoms with van der Waals surface area (Å²) >= 11 is 5.96. The molecule has 1 saturated heterocycles. The smallest absolute Gasteiger partial charge is 0.191 e. The third kappa shape index (κ3) is 7.54. The number of benzene rings is 1. The molecule has 0 unspecified atom stereocenters. The normalized spacial score (nSPS) is 17.8. The predicted molar refractivity (Wildman–Crippen MR) is 110 cm³/mol. The molecule has 2 N–H and O–H groups in total. The zero-order valence-electron chi connectivity index (χ0n) is 13.7. The first kappa shape index (κ1) is 21.5. The Kier molecular flexibility index (Phi) is 9.32. The average molecular weight is 487 g/mol. The molecule has 1 aromatic rings. The van der Waals surface area contributed by atoms with E-state index in [0.29, 0.717) is 24.7 Å². The summed E-state index contributed by atoms with van der Waals surface area (Å²) in [5.41, 5.74) is 1.08. The van der Waals surface area contributed by atoms with Crippen LogP contribution in [0.3, 0.4) is 0 Å². The highest BCUT2D eigenvalue weighted by atomic mass is 127. The quantitative estimate of drug-likeness (QED) is 0.373. The number of sulfone groups is 1. The predicted octanol–water partition coefficient (Wildman–Crippen LogP) is 1.35. The van der Waals surface area contributed by atoms with Crippen LogP contribution in [0.2, 0.25) is 5.02 Å². The molecule has 1 aliphatic rings. The Balaban J connectivity index is 0.00000288. The van der Waals surface area contributed by atoms with E-state index in [1.54, 1.807) is 7.05 Å². The molecule has 0 spiro atoms. The number of guanidine groups is 1. The Bertz CT molecular complexity index is 641. The second kappa shape index (κ2) is 10.4. The fourth-order valence-corrected chi connectivity index (χ4v) is 3.85. The standard InChI is InChI=1S/C15H23ClN4O2S.HI/c1-17-15(19-12-13-3-2-4-14(16)11-13)18-5-6-20-7-9-23(21,22)10-8-20;/h2-4,11H,5-10,12H2,1H3,(H2,17,18,19);1H. The van der Waals surface area contributed by atoms with Gasteiger partial charge in [0.15, 0.2) is 15.8 Å². The van der Waals surface area contributed by atoms with Gasteiger partial charge in [-0.3, -0.25) is 9.89 Å². The summed E-state index contributed by atoms with van der Waals surface area (Å²) in [6, 6.07) is 7.67. The number of halogens is 2. The monoisotopic (exact) mass is 486 g/mol. The molecule has 0 atom stereocenters. The van der Waals surface area contributed by atoms with Crippen LogP contribution in [0.4, 0.5) is 0 Å². The number of aliphatic imine (C=N–C) groups is 1. The van der Waals surface area contributed by atoms with Gasteiger partial charge in [-0.1, -0.05) is 23.7 Å². The molecular weight excluding hydrogens is 463 g/mol. The van der Waals surface area contributed by atoms with Gasteiger partial charge in [-0.05, 0) is 17.7 Å². The highest BCUT2D eigenvalue weighted by Gasteiger charge is 2.20. The van der Waals surface area contributed by atoms with Crippen LogP contribution >= 0.6 is 35.6 Å². The largest absolute Gasteiger partial charge is 0.355 e. The van der Waals surface area contributed by atoms with Crippen LogP contribution in [0, 0.1) is 0 Å². The van der Waals surface area contributed by atoms with Crippen LogP contribution in [-0.2, 0) is 16.4 Å². The Morgan fingerprint density at radius 1 is 1.29 bits per heavy atom. The lowest BCUT2D eigenvalue weighted by Crippen LogP contribution is -2.45. The van der Waals surface area contributed by atoms with Crippen LogP contribution < -0.4 is 10.6 Å². The molecule has 0 aliphatic carbocycles. The van der Waals surface area contributed by atoms with Gasteiger partial charge in [0, 0.05) is 44.8 Å². The zero-order valence-corrected chi connectivity index (χ0v) is 17.6. The van der Waals surface area contributed by atoms with Crippen molar-refractivity contribution in [3.05, 3.63) is 34.9 Å². The van der Waals surface area contributed by atoms with Crippen molar-refractivity contribution in [2.24, 2.45) is 4.99 Å². The molecule has 1 heterocycles. The van der Waals surface area contributed by atoms with Crippen molar-refractivity contribution in [2.45, 2.75) is 6.54 Å². The fourth-order valence-electron chi connectivity index (χ4n) is 2.36. The van der Waals surface area contributed by atoms with E-state index in [4.69, 9.17) is 11.6 Å². The Morgan fingerprint density at radius 3 is 2.62 bits per heavy atom. The Labute approximate surface area is 166 Å². The first-order valence-corrected chi connectivity index (χ1v) is 9.80. The van der Waals surface area contributed by atoms with Crippen LogP contribution in [0.5, 0.6) is 0 Å². The summed E-state index contributed by atoms with van der Waals surface area (Å²) in [5.74, 6) is 1.23. The molecule has 24 heavy (non-hydrogen) atoms. The van der Waals surface area contributed by atoms with Gasteiger partial charge in [-0.15, -0.1) is 24.0 Å². The number of rotatable bonds is 5. The molecule has 0 saturated carbocycles. The molecule has 1 aliphatic heterocycles. The molecular formula is C15H24ClIN4O2S. The first-order valence-electron chi connectivity index (χ1n) is 7.60. The summed E-state index contributed by atoms with van der Waals surface area (Å²) < 4.78 is 22.8. The van der Waals surface area contributed by atoms with Crippen LogP contribution in [0.25, 0.3) is 0 Å². The third-order valence-corrected chi connectivity index (χ3v) is 5.57. The average Bonchev–Trinajstić information content (AvgIpc) is 2.52. The number of nitrogens with zero attached hydrogens (tertiary/aromatic N) is 2. The number of hydrogen-bond donors (Lipinski definition) is 2. The second-order valence-corrected chi connectivity index (χ2v) is 8.22. The lowest BCUT2D eigenvalue weighted by Gasteiger charge is -2.26. The Hall–Kier alpha value is -0.580. The molecule has 6 nitrogen and oxygen atoms in total. The van der Waals surface area contributed by atoms with Crippen LogP contribution in [0.15, 0.2) is 29.3 Å². The van der Waals surface area contributed by atoms with Crippen molar-refractivity contribution in [1.82, 2.24) is 15.5 Å². The minimum absolute atomic E-state index is 0. The van der Waals surface area contributed by atoms with E-state index in [1.807, 2.05) is 24.3 Å². The summed E-state index contributed by atoms with van der Waals surface area (Å²) in [6.07, 6.45) is 0. The summed E-state index contributed by atoms with van der Waals surface area (Å²) in [7, 11) is -1.09. The lowest BCUT2D eigenvalue weighted by atomic mass is 10.2. The van der Waals surface area contributed by atoms with Crippen molar-refractivity contribution < 1.29 is 8.42 Å². The molecule has 0 bridgehead atoms.